The summed E-state index contributed by atoms with van der Waals surface area (Å²) in [7, 11) is 3.59. The first-order chi connectivity index (χ1) is 20.5. The summed E-state index contributed by atoms with van der Waals surface area (Å²) in [6, 6.07) is -1.51. The maximum absolute atomic E-state index is 14.1. The lowest BCUT2D eigenvalue weighted by Crippen LogP contribution is -2.60. The van der Waals surface area contributed by atoms with E-state index in [2.05, 4.69) is 31.0 Å². The Morgan fingerprint density at radius 2 is 1.57 bits per heavy atom. The molecule has 2 fully saturated rings. The van der Waals surface area contributed by atoms with Gasteiger partial charge in [0.2, 0.25) is 23.6 Å². The highest BCUT2D eigenvalue weighted by atomic mass is 16.2. The Kier molecular flexibility index (Phi) is 14.4. The molecule has 2 heterocycles. The molecule has 1 N–H and O–H groups in total. The van der Waals surface area contributed by atoms with Gasteiger partial charge >= 0.3 is 0 Å². The van der Waals surface area contributed by atoms with Crippen molar-refractivity contribution in [3.63, 3.8) is 0 Å². The largest absolute Gasteiger partial charge is 0.344 e. The van der Waals surface area contributed by atoms with Crippen LogP contribution >= 0.6 is 0 Å². The van der Waals surface area contributed by atoms with Crippen LogP contribution < -0.4 is 5.32 Å². The number of unbranched alkanes of at least 4 members (excludes halogenated alkanes) is 2. The second-order valence-electron chi connectivity index (χ2n) is 14.8. The van der Waals surface area contributed by atoms with Crippen molar-refractivity contribution in [1.29, 1.82) is 0 Å². The molecule has 44 heavy (non-hydrogen) atoms. The summed E-state index contributed by atoms with van der Waals surface area (Å²) in [5.41, 5.74) is 0.0172. The third kappa shape index (κ3) is 9.79. The number of rotatable bonds is 13. The number of amides is 4. The average molecular weight is 618 g/mol. The lowest BCUT2D eigenvalue weighted by atomic mass is 9.84. The Labute approximate surface area is 268 Å². The van der Waals surface area contributed by atoms with Gasteiger partial charge in [-0.25, -0.2) is 0 Å². The number of hydrogen-bond acceptors (Lipinski definition) is 5. The van der Waals surface area contributed by atoms with Crippen LogP contribution in [0.15, 0.2) is 11.6 Å². The number of nitrogens with zero attached hydrogens (tertiary/aromatic N) is 4. The van der Waals surface area contributed by atoms with Crippen molar-refractivity contribution in [3.8, 4) is 0 Å². The number of hydrogen-bond donors (Lipinski definition) is 1. The summed E-state index contributed by atoms with van der Waals surface area (Å²) in [5.74, 6) is -0.381. The Morgan fingerprint density at radius 3 is 2.14 bits per heavy atom. The maximum Gasteiger partial charge on any atom is 0.249 e. The molecular weight excluding hydrogens is 554 g/mol. The molecule has 4 atom stereocenters. The normalized spacial score (nSPS) is 21.4. The van der Waals surface area contributed by atoms with Gasteiger partial charge in [-0.3, -0.25) is 24.1 Å². The van der Waals surface area contributed by atoms with Crippen molar-refractivity contribution < 1.29 is 19.2 Å². The molecule has 0 spiro atoms. The lowest BCUT2D eigenvalue weighted by Gasteiger charge is -2.41. The molecular formula is C35H63N5O4. The zero-order chi connectivity index (χ0) is 33.4. The maximum atomic E-state index is 14.1. The van der Waals surface area contributed by atoms with E-state index in [0.717, 1.165) is 51.5 Å². The molecule has 0 bridgehead atoms. The zero-order valence-electron chi connectivity index (χ0n) is 29.7. The Bertz CT molecular complexity index is 1020. The third-order valence-corrected chi connectivity index (χ3v) is 9.42. The van der Waals surface area contributed by atoms with Crippen LogP contribution in [-0.2, 0) is 19.2 Å². The molecule has 0 aliphatic carbocycles. The van der Waals surface area contributed by atoms with Crippen LogP contribution in [0.1, 0.15) is 114 Å². The summed E-state index contributed by atoms with van der Waals surface area (Å²) in [6.45, 7) is 20.3. The van der Waals surface area contributed by atoms with Gasteiger partial charge in [0, 0.05) is 38.8 Å². The summed E-state index contributed by atoms with van der Waals surface area (Å²) in [6.07, 6.45) is 9.34. The minimum atomic E-state index is -0.717. The van der Waals surface area contributed by atoms with Crippen LogP contribution in [-0.4, -0.2) is 107 Å². The quantitative estimate of drug-likeness (QED) is 0.236. The smallest absolute Gasteiger partial charge is 0.249 e. The van der Waals surface area contributed by atoms with Gasteiger partial charge in [0.1, 0.15) is 12.1 Å². The Balaban J connectivity index is 2.24. The van der Waals surface area contributed by atoms with Gasteiger partial charge in [-0.1, -0.05) is 66.9 Å². The predicted octanol–water partition coefficient (Wildman–Crippen LogP) is 4.85. The third-order valence-electron chi connectivity index (χ3n) is 9.42. The fraction of sp³-hybridized carbons (Fsp3) is 0.829. The fourth-order valence-electron chi connectivity index (χ4n) is 6.63. The van der Waals surface area contributed by atoms with E-state index in [1.54, 1.807) is 28.7 Å². The van der Waals surface area contributed by atoms with Crippen LogP contribution in [0.4, 0.5) is 0 Å². The number of likely N-dealkylation sites (tertiary alicyclic amines) is 2. The van der Waals surface area contributed by atoms with E-state index in [1.807, 2.05) is 47.7 Å². The van der Waals surface area contributed by atoms with E-state index < -0.39 is 17.5 Å². The summed E-state index contributed by atoms with van der Waals surface area (Å²) < 4.78 is 0. The van der Waals surface area contributed by atoms with E-state index in [0.29, 0.717) is 25.1 Å². The molecule has 4 amide bonds. The van der Waals surface area contributed by atoms with Gasteiger partial charge in [0.15, 0.2) is 0 Å². The lowest BCUT2D eigenvalue weighted by molar-refractivity contribution is -0.142. The predicted molar refractivity (Wildman–Crippen MR) is 178 cm³/mol. The van der Waals surface area contributed by atoms with Crippen LogP contribution in [0.25, 0.3) is 0 Å². The monoisotopic (exact) mass is 617 g/mol. The first kappa shape index (κ1) is 37.8. The molecule has 2 unspecified atom stereocenters. The SMILES string of the molecule is CCCCCN(C)C(=O)[C@@H]1CCCN1C(=O)/C(C)=C/[C@H](C(C)C)N(C)C(=O)C(NC(=O)C1CCCCN1C(C)C)C(C)(C)C. The van der Waals surface area contributed by atoms with E-state index in [1.165, 1.54) is 0 Å². The van der Waals surface area contributed by atoms with Crippen LogP contribution in [0.5, 0.6) is 0 Å². The molecule has 252 valence electrons. The molecule has 0 saturated carbocycles. The van der Waals surface area contributed by atoms with E-state index in [9.17, 15) is 19.2 Å². The standard InChI is InChI=1S/C35H63N5O4/c1-12-13-15-20-37(10)33(43)28-19-17-22-40(28)32(42)26(6)23-29(24(2)3)38(11)34(44)30(35(7,8)9)36-31(41)27-18-14-16-21-39(27)25(4)5/h23-25,27-30H,12-22H2,1-11H3,(H,36,41)/b26-23+/t27?,28-,29+,30?/m0/s1. The second kappa shape index (κ2) is 16.8. The minimum Gasteiger partial charge on any atom is -0.344 e. The molecule has 0 aromatic carbocycles. The minimum absolute atomic E-state index is 0.00483. The van der Waals surface area contributed by atoms with Gasteiger partial charge in [-0.15, -0.1) is 0 Å². The Morgan fingerprint density at radius 1 is 0.932 bits per heavy atom. The number of nitrogens with one attached hydrogen (secondary N) is 1. The zero-order valence-corrected chi connectivity index (χ0v) is 29.7. The molecule has 0 aromatic heterocycles. The first-order valence-electron chi connectivity index (χ1n) is 17.1. The molecule has 9 heteroatoms. The van der Waals surface area contributed by atoms with Crippen molar-refractivity contribution in [2.75, 3.05) is 33.7 Å². The molecule has 2 aliphatic heterocycles. The topological polar surface area (TPSA) is 93.3 Å². The van der Waals surface area contributed by atoms with Gasteiger partial charge in [-0.2, -0.15) is 0 Å². The molecule has 2 rings (SSSR count). The number of likely N-dealkylation sites (N-methyl/N-ethyl adjacent to an activating group) is 2. The fourth-order valence-corrected chi connectivity index (χ4v) is 6.63. The average Bonchev–Trinajstić information content (AvgIpc) is 3.46. The van der Waals surface area contributed by atoms with Crippen molar-refractivity contribution >= 4 is 23.6 Å². The van der Waals surface area contributed by atoms with Crippen molar-refractivity contribution in [3.05, 3.63) is 11.6 Å². The highest BCUT2D eigenvalue weighted by Crippen LogP contribution is 2.27. The van der Waals surface area contributed by atoms with Gasteiger partial charge in [0.05, 0.1) is 12.1 Å². The van der Waals surface area contributed by atoms with Crippen LogP contribution in [0, 0.1) is 11.3 Å². The highest BCUT2D eigenvalue weighted by molar-refractivity contribution is 5.97. The summed E-state index contributed by atoms with van der Waals surface area (Å²) in [4.78, 5) is 62.1. The van der Waals surface area contributed by atoms with Gasteiger partial charge in [0.25, 0.3) is 0 Å². The Hall–Kier alpha value is -2.42. The van der Waals surface area contributed by atoms with Crippen molar-refractivity contribution in [2.45, 2.75) is 144 Å². The summed E-state index contributed by atoms with van der Waals surface area (Å²) in [5, 5.41) is 3.14. The molecule has 2 saturated heterocycles. The summed E-state index contributed by atoms with van der Waals surface area (Å²) >= 11 is 0. The number of carbonyl (C=O) groups excluding carboxylic acids is 4. The molecule has 2 aliphatic rings. The second-order valence-corrected chi connectivity index (χ2v) is 14.8. The van der Waals surface area contributed by atoms with Crippen LogP contribution in [0.3, 0.4) is 0 Å². The number of piperidine rings is 1. The van der Waals surface area contributed by atoms with Gasteiger partial charge < -0.3 is 20.0 Å². The van der Waals surface area contributed by atoms with E-state index in [-0.39, 0.29) is 47.7 Å². The highest BCUT2D eigenvalue weighted by Gasteiger charge is 2.40. The van der Waals surface area contributed by atoms with E-state index in [4.69, 9.17) is 0 Å². The van der Waals surface area contributed by atoms with Crippen molar-refractivity contribution in [2.24, 2.45) is 11.3 Å². The molecule has 0 aromatic rings. The van der Waals surface area contributed by atoms with Crippen molar-refractivity contribution in [1.82, 2.24) is 24.9 Å². The van der Waals surface area contributed by atoms with E-state index >= 15 is 0 Å². The van der Waals surface area contributed by atoms with Crippen LogP contribution in [0.2, 0.25) is 0 Å². The first-order valence-corrected chi connectivity index (χ1v) is 17.1. The van der Waals surface area contributed by atoms with Gasteiger partial charge in [-0.05, 0) is 70.8 Å². The molecule has 0 radical (unpaired) electrons. The molecule has 9 nitrogen and oxygen atoms in total. The number of carbonyl (C=O) groups is 4.